The molecule has 0 spiro atoms. The summed E-state index contributed by atoms with van der Waals surface area (Å²) in [5.74, 6) is 2.31. The highest BCUT2D eigenvalue weighted by Crippen LogP contribution is 2.25. The average Bonchev–Trinajstić information content (AvgIpc) is 2.76. The highest BCUT2D eigenvalue weighted by molar-refractivity contribution is 5.84. The molecule has 0 radical (unpaired) electrons. The minimum atomic E-state index is -0.0266. The summed E-state index contributed by atoms with van der Waals surface area (Å²) in [7, 11) is 0. The van der Waals surface area contributed by atoms with Gasteiger partial charge >= 0.3 is 0 Å². The van der Waals surface area contributed by atoms with Crippen LogP contribution in [0.3, 0.4) is 0 Å². The van der Waals surface area contributed by atoms with Crippen molar-refractivity contribution >= 4 is 23.8 Å². The Labute approximate surface area is 170 Å². The molecule has 8 nitrogen and oxygen atoms in total. The average molecular weight is 396 g/mol. The van der Waals surface area contributed by atoms with Crippen molar-refractivity contribution in [2.75, 3.05) is 41.4 Å². The maximum atomic E-state index is 9.90. The fraction of sp³-hybridized carbons (Fsp3) is 0.476. The third-order valence-corrected chi connectivity index (χ3v) is 5.42. The van der Waals surface area contributed by atoms with Crippen molar-refractivity contribution in [1.29, 1.82) is 0 Å². The summed E-state index contributed by atoms with van der Waals surface area (Å²) in [4.78, 5) is 14.1. The third-order valence-electron chi connectivity index (χ3n) is 5.42. The number of rotatable bonds is 5. The number of aromatic hydroxyl groups is 2. The number of nitrogens with one attached hydrogen (secondary N) is 1. The maximum Gasteiger partial charge on any atom is 0.229 e. The second-order valence-corrected chi connectivity index (χ2v) is 7.62. The van der Waals surface area contributed by atoms with Crippen molar-refractivity contribution < 1.29 is 10.2 Å². The summed E-state index contributed by atoms with van der Waals surface area (Å²) in [5, 5.41) is 23.5. The lowest BCUT2D eigenvalue weighted by molar-refractivity contribution is 0.450. The molecular formula is C21H28N6O2. The zero-order chi connectivity index (χ0) is 20.1. The van der Waals surface area contributed by atoms with Crippen LogP contribution in [0, 0.1) is 0 Å². The molecule has 2 aliphatic heterocycles. The van der Waals surface area contributed by atoms with E-state index in [0.717, 1.165) is 37.9 Å². The number of phenolic OH excluding ortho intramolecular Hbond substituents is 2. The molecule has 3 N–H and O–H groups in total. The standard InChI is InChI=1S/C21H28N6O2/c28-17-8-7-16(18(29)13-17)15-22-25-19-14-20(26-9-3-1-4-10-26)24-21(23-19)27-11-5-2-6-12-27/h7-8,13-15,28-29H,1-6,9-12H2,(H,23,24,25)/b22-15-. The van der Waals surface area contributed by atoms with Gasteiger partial charge in [-0.15, -0.1) is 0 Å². The van der Waals surface area contributed by atoms with Gasteiger partial charge in [0.2, 0.25) is 5.95 Å². The minimum Gasteiger partial charge on any atom is -0.508 e. The van der Waals surface area contributed by atoms with Crippen LogP contribution in [0.2, 0.25) is 0 Å². The van der Waals surface area contributed by atoms with Crippen LogP contribution >= 0.6 is 0 Å². The molecule has 29 heavy (non-hydrogen) atoms. The predicted octanol–water partition coefficient (Wildman–Crippen LogP) is 3.31. The van der Waals surface area contributed by atoms with Gasteiger partial charge in [-0.25, -0.2) is 0 Å². The van der Waals surface area contributed by atoms with Gasteiger partial charge in [0.1, 0.15) is 17.3 Å². The summed E-state index contributed by atoms with van der Waals surface area (Å²) in [6, 6.07) is 6.34. The number of piperidine rings is 2. The summed E-state index contributed by atoms with van der Waals surface area (Å²) in [5.41, 5.74) is 3.50. The molecule has 8 heteroatoms. The summed E-state index contributed by atoms with van der Waals surface area (Å²) in [6.45, 7) is 3.99. The van der Waals surface area contributed by atoms with Crippen LogP contribution in [0.15, 0.2) is 29.4 Å². The molecule has 1 aromatic heterocycles. The first kappa shape index (κ1) is 19.3. The molecule has 0 amide bonds. The number of anilines is 3. The van der Waals surface area contributed by atoms with Gasteiger partial charge in [-0.3, -0.25) is 5.43 Å². The molecule has 1 aromatic carbocycles. The number of aromatic nitrogens is 2. The summed E-state index contributed by atoms with van der Waals surface area (Å²) >= 11 is 0. The van der Waals surface area contributed by atoms with Gasteiger partial charge < -0.3 is 20.0 Å². The van der Waals surface area contributed by atoms with Crippen molar-refractivity contribution in [3.05, 3.63) is 29.8 Å². The van der Waals surface area contributed by atoms with E-state index in [0.29, 0.717) is 11.4 Å². The molecule has 2 fully saturated rings. The Morgan fingerprint density at radius 3 is 2.24 bits per heavy atom. The molecule has 0 bridgehead atoms. The molecular weight excluding hydrogens is 368 g/mol. The first-order chi connectivity index (χ1) is 14.2. The Morgan fingerprint density at radius 2 is 1.55 bits per heavy atom. The lowest BCUT2D eigenvalue weighted by atomic mass is 10.1. The van der Waals surface area contributed by atoms with E-state index in [1.165, 1.54) is 56.9 Å². The molecule has 4 rings (SSSR count). The summed E-state index contributed by atoms with van der Waals surface area (Å²) < 4.78 is 0. The van der Waals surface area contributed by atoms with Crippen LogP contribution in [0.25, 0.3) is 0 Å². The normalized spacial score (nSPS) is 17.7. The van der Waals surface area contributed by atoms with E-state index in [4.69, 9.17) is 4.98 Å². The van der Waals surface area contributed by atoms with Crippen molar-refractivity contribution in [3.63, 3.8) is 0 Å². The van der Waals surface area contributed by atoms with E-state index in [9.17, 15) is 10.2 Å². The van der Waals surface area contributed by atoms with Crippen molar-refractivity contribution in [3.8, 4) is 11.5 Å². The fourth-order valence-corrected chi connectivity index (χ4v) is 3.81. The smallest absolute Gasteiger partial charge is 0.229 e. The first-order valence-corrected chi connectivity index (χ1v) is 10.4. The van der Waals surface area contributed by atoms with Crippen LogP contribution in [0.1, 0.15) is 44.1 Å². The molecule has 2 aliphatic rings. The maximum absolute atomic E-state index is 9.90. The van der Waals surface area contributed by atoms with Gasteiger partial charge in [-0.05, 0) is 50.7 Å². The van der Waals surface area contributed by atoms with Crippen molar-refractivity contribution in [1.82, 2.24) is 9.97 Å². The minimum absolute atomic E-state index is 0.0146. The topological polar surface area (TPSA) is 97.1 Å². The second kappa shape index (κ2) is 8.98. The number of hydrazone groups is 1. The highest BCUT2D eigenvalue weighted by atomic mass is 16.3. The van der Waals surface area contributed by atoms with Gasteiger partial charge in [-0.1, -0.05) is 0 Å². The van der Waals surface area contributed by atoms with Gasteiger partial charge in [-0.2, -0.15) is 15.1 Å². The zero-order valence-electron chi connectivity index (χ0n) is 16.6. The van der Waals surface area contributed by atoms with Crippen LogP contribution < -0.4 is 15.2 Å². The lowest BCUT2D eigenvalue weighted by Gasteiger charge is -2.31. The lowest BCUT2D eigenvalue weighted by Crippen LogP contribution is -2.33. The Hall–Kier alpha value is -3.03. The molecule has 0 aliphatic carbocycles. The van der Waals surface area contributed by atoms with Crippen molar-refractivity contribution in [2.45, 2.75) is 38.5 Å². The number of hydrogen-bond donors (Lipinski definition) is 3. The third kappa shape index (κ3) is 4.88. The number of nitrogens with zero attached hydrogens (tertiary/aromatic N) is 5. The van der Waals surface area contributed by atoms with Gasteiger partial charge in [0, 0.05) is 43.9 Å². The molecule has 0 saturated carbocycles. The van der Waals surface area contributed by atoms with E-state index < -0.39 is 0 Å². The fourth-order valence-electron chi connectivity index (χ4n) is 3.81. The van der Waals surface area contributed by atoms with E-state index >= 15 is 0 Å². The van der Waals surface area contributed by atoms with Gasteiger partial charge in [0.15, 0.2) is 5.82 Å². The Bertz CT molecular complexity index is 824. The Morgan fingerprint density at radius 1 is 0.862 bits per heavy atom. The quantitative estimate of drug-likeness (QED) is 0.527. The van der Waals surface area contributed by atoms with Gasteiger partial charge in [0.25, 0.3) is 0 Å². The molecule has 2 saturated heterocycles. The Balaban J connectivity index is 1.56. The predicted molar refractivity (Wildman–Crippen MR) is 115 cm³/mol. The van der Waals surface area contributed by atoms with Crippen LogP contribution in [-0.4, -0.2) is 52.6 Å². The second-order valence-electron chi connectivity index (χ2n) is 7.62. The number of hydrogen-bond acceptors (Lipinski definition) is 8. The van der Waals surface area contributed by atoms with E-state index in [2.05, 4.69) is 25.3 Å². The number of benzene rings is 1. The van der Waals surface area contributed by atoms with E-state index in [1.54, 1.807) is 6.07 Å². The van der Waals surface area contributed by atoms with E-state index in [1.807, 2.05) is 6.07 Å². The molecule has 0 atom stereocenters. The number of phenols is 2. The van der Waals surface area contributed by atoms with Gasteiger partial charge in [0.05, 0.1) is 6.21 Å². The van der Waals surface area contributed by atoms with E-state index in [-0.39, 0.29) is 11.5 Å². The largest absolute Gasteiger partial charge is 0.508 e. The zero-order valence-corrected chi connectivity index (χ0v) is 16.6. The van der Waals surface area contributed by atoms with Crippen LogP contribution in [0.4, 0.5) is 17.6 Å². The molecule has 3 heterocycles. The molecule has 154 valence electrons. The first-order valence-electron chi connectivity index (χ1n) is 10.4. The Kier molecular flexibility index (Phi) is 5.97. The van der Waals surface area contributed by atoms with Crippen molar-refractivity contribution in [2.24, 2.45) is 5.10 Å². The van der Waals surface area contributed by atoms with Crippen LogP contribution in [0.5, 0.6) is 11.5 Å². The highest BCUT2D eigenvalue weighted by Gasteiger charge is 2.19. The SMILES string of the molecule is Oc1ccc(/C=N\Nc2cc(N3CCCCC3)nc(N3CCCCC3)n2)c(O)c1. The summed E-state index contributed by atoms with van der Waals surface area (Å²) in [6.07, 6.45) is 8.74. The molecule has 0 unspecified atom stereocenters. The van der Waals surface area contributed by atoms with Crippen LogP contribution in [-0.2, 0) is 0 Å². The monoisotopic (exact) mass is 396 g/mol. The molecule has 2 aromatic rings.